The number of rotatable bonds is 8. The van der Waals surface area contributed by atoms with Crippen molar-refractivity contribution in [2.45, 2.75) is 50.6 Å². The fourth-order valence-corrected chi connectivity index (χ4v) is 4.69. The Morgan fingerprint density at radius 3 is 1.53 bits per heavy atom. The fraction of sp³-hybridized carbons (Fsp3) is 0.800. The molecule has 0 aliphatic heterocycles. The van der Waals surface area contributed by atoms with Crippen LogP contribution in [-0.2, 0) is 0 Å². The number of unbranched alkanes of at least 4 members (excludes halogenated alkanes) is 4. The van der Waals surface area contributed by atoms with Gasteiger partial charge in [0.25, 0.3) is 6.69 Å². The van der Waals surface area contributed by atoms with E-state index >= 15 is 0 Å². The Morgan fingerprint density at radius 2 is 1.20 bits per heavy atom. The molecule has 0 aliphatic carbocycles. The van der Waals surface area contributed by atoms with Crippen molar-refractivity contribution >= 4 is 28.9 Å². The van der Waals surface area contributed by atoms with Crippen LogP contribution in [0.15, 0.2) is 0 Å². The van der Waals surface area contributed by atoms with Crippen molar-refractivity contribution in [1.29, 1.82) is 10.5 Å². The van der Waals surface area contributed by atoms with E-state index in [1.807, 2.05) is 0 Å². The summed E-state index contributed by atoms with van der Waals surface area (Å²) in [6.45, 7) is -2.08. The van der Waals surface area contributed by atoms with E-state index in [9.17, 15) is 0 Å². The van der Waals surface area contributed by atoms with Gasteiger partial charge in [-0.3, -0.25) is 0 Å². The van der Waals surface area contributed by atoms with Crippen LogP contribution in [0.25, 0.3) is 0 Å². The van der Waals surface area contributed by atoms with Gasteiger partial charge in [0.15, 0.2) is 0 Å². The molecular weight excluding hydrogens is 247 g/mol. The molecule has 0 bridgehead atoms. The molecule has 0 atom stereocenters. The molecule has 0 fully saturated rings. The molecule has 2 nitrogen and oxygen atoms in total. The Balaban J connectivity index is 3.50. The maximum absolute atomic E-state index is 8.36. The van der Waals surface area contributed by atoms with E-state index in [-0.39, 0.29) is 0 Å². The Kier molecular flexibility index (Phi) is 8.90. The van der Waals surface area contributed by atoms with Gasteiger partial charge in [-0.1, -0.05) is 12.8 Å². The lowest BCUT2D eigenvalue weighted by Gasteiger charge is -2.15. The lowest BCUT2D eigenvalue weighted by atomic mass is 10.3. The number of nitriles is 2. The molecule has 0 radical (unpaired) electrons. The van der Waals surface area contributed by atoms with E-state index in [2.05, 4.69) is 12.1 Å². The second-order valence-electron chi connectivity index (χ2n) is 3.59. The summed E-state index contributed by atoms with van der Waals surface area (Å²) in [5.41, 5.74) is 0. The van der Waals surface area contributed by atoms with Gasteiger partial charge in [0.2, 0.25) is 0 Å². The second kappa shape index (κ2) is 9.04. The molecule has 5 heteroatoms. The van der Waals surface area contributed by atoms with E-state index in [0.717, 1.165) is 37.8 Å². The molecule has 0 aromatic rings. The monoisotopic (exact) mass is 262 g/mol. The summed E-state index contributed by atoms with van der Waals surface area (Å²) < 4.78 is 0. The minimum Gasteiger partial charge on any atom is -0.198 e. The molecule has 0 spiro atoms. The van der Waals surface area contributed by atoms with Crippen LogP contribution in [0.5, 0.6) is 0 Å². The van der Waals surface area contributed by atoms with Gasteiger partial charge in [0.05, 0.1) is 12.1 Å². The third-order valence-corrected chi connectivity index (χ3v) is 6.60. The van der Waals surface area contributed by atoms with Gasteiger partial charge in [-0.2, -0.15) is 10.5 Å². The molecule has 0 saturated heterocycles. The number of hydrogen-bond donors (Lipinski definition) is 0. The van der Waals surface area contributed by atoms with Gasteiger partial charge in [0, 0.05) is 12.8 Å². The fourth-order valence-electron chi connectivity index (χ4n) is 1.30. The zero-order valence-corrected chi connectivity index (χ0v) is 11.3. The summed E-state index contributed by atoms with van der Waals surface area (Å²) in [7, 11) is 0. The Bertz CT molecular complexity index is 219. The van der Waals surface area contributed by atoms with Crippen LogP contribution in [0.4, 0.5) is 0 Å². The van der Waals surface area contributed by atoms with Crippen molar-refractivity contribution in [2.75, 3.05) is 0 Å². The summed E-state index contributed by atoms with van der Waals surface area (Å²) in [5, 5.41) is 16.7. The predicted molar refractivity (Wildman–Crippen MR) is 66.0 cm³/mol. The second-order valence-corrected chi connectivity index (χ2v) is 11.2. The largest absolute Gasteiger partial charge is 0.251 e. The molecule has 0 saturated carbocycles. The van der Waals surface area contributed by atoms with Gasteiger partial charge >= 0.3 is 0 Å². The summed E-state index contributed by atoms with van der Waals surface area (Å²) in [6.07, 6.45) is 4.86. The Hall–Kier alpha value is -0.223. The third-order valence-electron chi connectivity index (χ3n) is 2.16. The first-order valence-electron chi connectivity index (χ1n) is 5.24. The molecule has 0 N–H and O–H groups in total. The van der Waals surface area contributed by atoms with Crippen molar-refractivity contribution < 1.29 is 0 Å². The standard InChI is InChI=1S/C10H16Cl2N2Si/c11-15(12,9-5-1-3-7-13)10-6-2-4-8-14/h1-6,9-10H2. The molecule has 0 aromatic heterocycles. The predicted octanol–water partition coefficient (Wildman–Crippen LogP) is 4.29. The first-order chi connectivity index (χ1) is 7.12. The number of halogens is 2. The van der Waals surface area contributed by atoms with Gasteiger partial charge in [-0.15, -0.1) is 22.2 Å². The lowest BCUT2D eigenvalue weighted by Crippen LogP contribution is -2.18. The van der Waals surface area contributed by atoms with Gasteiger partial charge in [-0.25, -0.2) is 0 Å². The number of hydrogen-bond acceptors (Lipinski definition) is 2. The van der Waals surface area contributed by atoms with Crippen LogP contribution < -0.4 is 0 Å². The highest BCUT2D eigenvalue weighted by Gasteiger charge is 2.26. The molecule has 15 heavy (non-hydrogen) atoms. The average Bonchev–Trinajstić information content (AvgIpc) is 2.20. The molecule has 84 valence electrons. The van der Waals surface area contributed by atoms with Crippen molar-refractivity contribution in [3.8, 4) is 12.1 Å². The highest BCUT2D eigenvalue weighted by Crippen LogP contribution is 2.30. The minimum atomic E-state index is -2.08. The normalized spacial score (nSPS) is 10.7. The van der Waals surface area contributed by atoms with Gasteiger partial charge in [-0.05, 0) is 24.9 Å². The van der Waals surface area contributed by atoms with E-state index < -0.39 is 6.69 Å². The Morgan fingerprint density at radius 1 is 0.800 bits per heavy atom. The highest BCUT2D eigenvalue weighted by molar-refractivity contribution is 7.45. The van der Waals surface area contributed by atoms with Crippen LogP contribution in [0.3, 0.4) is 0 Å². The summed E-state index contributed by atoms with van der Waals surface area (Å²) in [6, 6.07) is 5.95. The van der Waals surface area contributed by atoms with E-state index in [1.54, 1.807) is 0 Å². The average molecular weight is 263 g/mol. The maximum Gasteiger partial charge on any atom is 0.251 e. The van der Waals surface area contributed by atoms with E-state index in [1.165, 1.54) is 0 Å². The molecule has 0 amide bonds. The van der Waals surface area contributed by atoms with Gasteiger partial charge < -0.3 is 0 Å². The van der Waals surface area contributed by atoms with Crippen LogP contribution in [0.2, 0.25) is 12.1 Å². The first kappa shape index (κ1) is 14.8. The lowest BCUT2D eigenvalue weighted by molar-refractivity contribution is 0.791. The minimum absolute atomic E-state index is 0.590. The highest BCUT2D eigenvalue weighted by atomic mass is 35.7. The molecule has 0 rings (SSSR count). The van der Waals surface area contributed by atoms with Crippen molar-refractivity contribution in [1.82, 2.24) is 0 Å². The topological polar surface area (TPSA) is 47.6 Å². The zero-order chi connectivity index (χ0) is 11.6. The zero-order valence-electron chi connectivity index (χ0n) is 8.81. The first-order valence-corrected chi connectivity index (χ1v) is 9.68. The van der Waals surface area contributed by atoms with Crippen LogP contribution in [0.1, 0.15) is 38.5 Å². The summed E-state index contributed by atoms with van der Waals surface area (Å²) in [5.74, 6) is 0. The van der Waals surface area contributed by atoms with Crippen molar-refractivity contribution in [3.05, 3.63) is 0 Å². The SMILES string of the molecule is N#CCCCC[Si](Cl)(Cl)CCCCC#N. The number of nitrogens with zero attached hydrogens (tertiary/aromatic N) is 2. The van der Waals surface area contributed by atoms with Crippen molar-refractivity contribution in [3.63, 3.8) is 0 Å². The smallest absolute Gasteiger partial charge is 0.198 e. The van der Waals surface area contributed by atoms with Crippen LogP contribution in [-0.4, -0.2) is 6.69 Å². The van der Waals surface area contributed by atoms with Crippen molar-refractivity contribution in [2.24, 2.45) is 0 Å². The van der Waals surface area contributed by atoms with Crippen LogP contribution >= 0.6 is 22.2 Å². The summed E-state index contributed by atoms with van der Waals surface area (Å²) in [4.78, 5) is 0. The summed E-state index contributed by atoms with van der Waals surface area (Å²) >= 11 is 12.5. The molecule has 0 aliphatic rings. The molecule has 0 heterocycles. The quantitative estimate of drug-likeness (QED) is 0.372. The molecular formula is C10H16Cl2N2Si. The van der Waals surface area contributed by atoms with E-state index in [4.69, 9.17) is 32.7 Å². The van der Waals surface area contributed by atoms with E-state index in [0.29, 0.717) is 12.8 Å². The van der Waals surface area contributed by atoms with Crippen LogP contribution in [0, 0.1) is 22.7 Å². The maximum atomic E-state index is 8.36. The Labute approximate surface area is 102 Å². The molecule has 0 unspecified atom stereocenters. The third kappa shape index (κ3) is 10.1. The van der Waals surface area contributed by atoms with Gasteiger partial charge in [0.1, 0.15) is 0 Å². The molecule has 0 aromatic carbocycles.